The molecule has 0 bridgehead atoms. The average molecular weight is 353 g/mol. The minimum Gasteiger partial charge on any atom is -0.356 e. The molecule has 1 atom stereocenters. The maximum atomic E-state index is 12.3. The van der Waals surface area contributed by atoms with E-state index in [1.807, 2.05) is 12.1 Å². The van der Waals surface area contributed by atoms with E-state index in [0.29, 0.717) is 19.6 Å². The second kappa shape index (κ2) is 8.81. The van der Waals surface area contributed by atoms with Crippen molar-refractivity contribution in [1.29, 1.82) is 0 Å². The summed E-state index contributed by atoms with van der Waals surface area (Å²) in [6.45, 7) is 4.82. The van der Waals surface area contributed by atoms with E-state index in [1.54, 1.807) is 0 Å². The summed E-state index contributed by atoms with van der Waals surface area (Å²) in [7, 11) is 0. The van der Waals surface area contributed by atoms with E-state index < -0.39 is 6.04 Å². The zero-order chi connectivity index (χ0) is 18.4. The highest BCUT2D eigenvalue weighted by molar-refractivity contribution is 5.89. The van der Waals surface area contributed by atoms with Gasteiger partial charge in [-0.15, -0.1) is 0 Å². The van der Waals surface area contributed by atoms with Crippen LogP contribution in [0.4, 0.5) is 0 Å². The van der Waals surface area contributed by atoms with E-state index in [4.69, 9.17) is 0 Å². The largest absolute Gasteiger partial charge is 0.356 e. The molecule has 0 aliphatic carbocycles. The number of hydrogen-bond donors (Lipinski definition) is 2. The summed E-state index contributed by atoms with van der Waals surface area (Å²) < 4.78 is 0. The molecule has 1 heterocycles. The Morgan fingerprint density at radius 2 is 2.04 bits per heavy atom. The van der Waals surface area contributed by atoms with Crippen molar-refractivity contribution in [3.63, 3.8) is 0 Å². The van der Waals surface area contributed by atoms with Crippen LogP contribution < -0.4 is 10.6 Å². The van der Waals surface area contributed by atoms with Gasteiger partial charge in [-0.05, 0) is 28.8 Å². The Labute approximate surface area is 154 Å². The number of nitrogens with one attached hydrogen (secondary N) is 2. The third-order valence-electron chi connectivity index (χ3n) is 4.87. The van der Waals surface area contributed by atoms with Crippen molar-refractivity contribution in [2.24, 2.45) is 0 Å². The first kappa shape index (κ1) is 18.4. The lowest BCUT2D eigenvalue weighted by atomic mass is 10.0. The maximum Gasteiger partial charge on any atom is 0.237 e. The summed E-state index contributed by atoms with van der Waals surface area (Å²) in [5, 5.41) is 8.21. The van der Waals surface area contributed by atoms with Crippen LogP contribution in [0, 0.1) is 0 Å². The topological polar surface area (TPSA) is 61.4 Å². The third kappa shape index (κ3) is 4.61. The molecule has 0 spiro atoms. The summed E-state index contributed by atoms with van der Waals surface area (Å²) >= 11 is 0. The molecule has 1 saturated heterocycles. The fraction of sp³-hybridized carbons (Fsp3) is 0.429. The molecular formula is C21H27N3O2. The molecular weight excluding hydrogens is 326 g/mol. The van der Waals surface area contributed by atoms with Crippen LogP contribution in [0.1, 0.15) is 31.7 Å². The molecule has 1 aliphatic rings. The number of benzene rings is 2. The smallest absolute Gasteiger partial charge is 0.237 e. The summed E-state index contributed by atoms with van der Waals surface area (Å²) in [6, 6.07) is 14.2. The number of fused-ring (bicyclic) bond motifs is 1. The van der Waals surface area contributed by atoms with Gasteiger partial charge in [-0.25, -0.2) is 0 Å². The molecule has 0 aromatic heterocycles. The Hall–Kier alpha value is -2.40. The molecule has 2 aromatic rings. The standard InChI is InChI=1S/C21H27N3O2/c1-2-3-10-22-20(25)14-19-21(26)23-11-12-24(19)15-16-8-9-17-6-4-5-7-18(17)13-16/h4-9,13,19H,2-3,10-12,14-15H2,1H3,(H,22,25)(H,23,26). The molecule has 1 unspecified atom stereocenters. The minimum atomic E-state index is -0.406. The lowest BCUT2D eigenvalue weighted by molar-refractivity contribution is -0.134. The number of unbranched alkanes of at least 4 members (excludes halogenated alkanes) is 1. The third-order valence-corrected chi connectivity index (χ3v) is 4.87. The summed E-state index contributed by atoms with van der Waals surface area (Å²) in [6.07, 6.45) is 2.21. The van der Waals surface area contributed by atoms with Crippen molar-refractivity contribution in [1.82, 2.24) is 15.5 Å². The van der Waals surface area contributed by atoms with Crippen molar-refractivity contribution in [3.8, 4) is 0 Å². The highest BCUT2D eigenvalue weighted by atomic mass is 16.2. The van der Waals surface area contributed by atoms with Crippen molar-refractivity contribution < 1.29 is 9.59 Å². The molecule has 26 heavy (non-hydrogen) atoms. The van der Waals surface area contributed by atoms with Gasteiger partial charge in [0, 0.05) is 26.2 Å². The van der Waals surface area contributed by atoms with Crippen molar-refractivity contribution in [2.45, 2.75) is 38.8 Å². The molecule has 0 saturated carbocycles. The van der Waals surface area contributed by atoms with E-state index in [-0.39, 0.29) is 18.2 Å². The average Bonchev–Trinajstić information content (AvgIpc) is 2.65. The van der Waals surface area contributed by atoms with Crippen LogP contribution in [0.15, 0.2) is 42.5 Å². The number of rotatable bonds is 7. The quantitative estimate of drug-likeness (QED) is 0.752. The van der Waals surface area contributed by atoms with E-state index in [0.717, 1.165) is 24.9 Å². The second-order valence-corrected chi connectivity index (χ2v) is 6.87. The first-order chi connectivity index (χ1) is 12.7. The zero-order valence-electron chi connectivity index (χ0n) is 15.3. The fourth-order valence-corrected chi connectivity index (χ4v) is 3.40. The first-order valence-electron chi connectivity index (χ1n) is 9.43. The number of piperazine rings is 1. The van der Waals surface area contributed by atoms with Gasteiger partial charge in [0.2, 0.25) is 11.8 Å². The van der Waals surface area contributed by atoms with Crippen LogP contribution >= 0.6 is 0 Å². The number of carbonyl (C=O) groups is 2. The Morgan fingerprint density at radius 1 is 1.23 bits per heavy atom. The zero-order valence-corrected chi connectivity index (χ0v) is 15.3. The highest BCUT2D eigenvalue weighted by Gasteiger charge is 2.31. The van der Waals surface area contributed by atoms with Gasteiger partial charge in [0.1, 0.15) is 0 Å². The molecule has 2 N–H and O–H groups in total. The van der Waals surface area contributed by atoms with E-state index in [2.05, 4.69) is 52.8 Å². The Balaban J connectivity index is 1.68. The van der Waals surface area contributed by atoms with Gasteiger partial charge in [0.25, 0.3) is 0 Å². The molecule has 2 amide bonds. The van der Waals surface area contributed by atoms with Crippen molar-refractivity contribution >= 4 is 22.6 Å². The minimum absolute atomic E-state index is 0.0518. The molecule has 1 fully saturated rings. The Morgan fingerprint density at radius 3 is 2.85 bits per heavy atom. The van der Waals surface area contributed by atoms with Crippen molar-refractivity contribution in [2.75, 3.05) is 19.6 Å². The lowest BCUT2D eigenvalue weighted by Gasteiger charge is -2.34. The fourth-order valence-electron chi connectivity index (χ4n) is 3.40. The Bertz CT molecular complexity index is 775. The molecule has 138 valence electrons. The first-order valence-corrected chi connectivity index (χ1v) is 9.43. The second-order valence-electron chi connectivity index (χ2n) is 6.87. The van der Waals surface area contributed by atoms with Crippen LogP contribution in [-0.2, 0) is 16.1 Å². The van der Waals surface area contributed by atoms with Gasteiger partial charge in [0.15, 0.2) is 0 Å². The molecule has 3 rings (SSSR count). The van der Waals surface area contributed by atoms with E-state index >= 15 is 0 Å². The summed E-state index contributed by atoms with van der Waals surface area (Å²) in [5.74, 6) is -0.105. The van der Waals surface area contributed by atoms with Crippen LogP contribution in [-0.4, -0.2) is 42.4 Å². The van der Waals surface area contributed by atoms with Crippen LogP contribution in [0.2, 0.25) is 0 Å². The van der Waals surface area contributed by atoms with E-state index in [9.17, 15) is 9.59 Å². The lowest BCUT2D eigenvalue weighted by Crippen LogP contribution is -2.56. The molecule has 2 aromatic carbocycles. The monoisotopic (exact) mass is 353 g/mol. The normalized spacial score (nSPS) is 17.9. The maximum absolute atomic E-state index is 12.3. The van der Waals surface area contributed by atoms with Crippen LogP contribution in [0.3, 0.4) is 0 Å². The van der Waals surface area contributed by atoms with Gasteiger partial charge in [-0.1, -0.05) is 49.7 Å². The molecule has 0 radical (unpaired) electrons. The number of nitrogens with zero attached hydrogens (tertiary/aromatic N) is 1. The highest BCUT2D eigenvalue weighted by Crippen LogP contribution is 2.19. The van der Waals surface area contributed by atoms with Gasteiger partial charge in [0.05, 0.1) is 12.5 Å². The van der Waals surface area contributed by atoms with Gasteiger partial charge in [-0.2, -0.15) is 0 Å². The van der Waals surface area contributed by atoms with Crippen molar-refractivity contribution in [3.05, 3.63) is 48.0 Å². The van der Waals surface area contributed by atoms with Gasteiger partial charge < -0.3 is 10.6 Å². The number of hydrogen-bond acceptors (Lipinski definition) is 3. The summed E-state index contributed by atoms with van der Waals surface area (Å²) in [5.41, 5.74) is 1.16. The summed E-state index contributed by atoms with van der Waals surface area (Å²) in [4.78, 5) is 26.6. The van der Waals surface area contributed by atoms with E-state index in [1.165, 1.54) is 10.8 Å². The SMILES string of the molecule is CCCCNC(=O)CC1C(=O)NCCN1Cc1ccc2ccccc2c1. The predicted molar refractivity (Wildman–Crippen MR) is 104 cm³/mol. The van der Waals surface area contributed by atoms with Gasteiger partial charge >= 0.3 is 0 Å². The number of amides is 2. The number of carbonyl (C=O) groups excluding carboxylic acids is 2. The van der Waals surface area contributed by atoms with Crippen LogP contribution in [0.25, 0.3) is 10.8 Å². The molecule has 5 nitrogen and oxygen atoms in total. The molecule has 1 aliphatic heterocycles. The predicted octanol–water partition coefficient (Wildman–Crippen LogP) is 2.45. The molecule has 5 heteroatoms. The van der Waals surface area contributed by atoms with Crippen LogP contribution in [0.5, 0.6) is 0 Å². The van der Waals surface area contributed by atoms with Gasteiger partial charge in [-0.3, -0.25) is 14.5 Å². The Kier molecular flexibility index (Phi) is 6.23.